The van der Waals surface area contributed by atoms with Crippen LogP contribution >= 0.6 is 0 Å². The lowest BCUT2D eigenvalue weighted by Crippen LogP contribution is -2.63. The summed E-state index contributed by atoms with van der Waals surface area (Å²) in [6.07, 6.45) is 10.7. The highest BCUT2D eigenvalue weighted by Gasteiger charge is 2.62. The molecular weight excluding hydrogens is 340 g/mol. The Hall–Kier alpha value is -1.55. The highest BCUT2D eigenvalue weighted by Crippen LogP contribution is 2.65. The van der Waals surface area contributed by atoms with E-state index in [1.54, 1.807) is 18.8 Å². The molecule has 4 heteroatoms. The molecule has 0 saturated heterocycles. The minimum absolute atomic E-state index is 0.0583. The van der Waals surface area contributed by atoms with Crippen LogP contribution in [0.2, 0.25) is 0 Å². The van der Waals surface area contributed by atoms with Crippen LogP contribution in [0.1, 0.15) is 72.3 Å². The quantitative estimate of drug-likeness (QED) is 0.577. The smallest absolute Gasteiger partial charge is 0.307 e. The molecule has 0 aliphatic heterocycles. The highest BCUT2D eigenvalue weighted by molar-refractivity contribution is 5.66. The molecular formula is C23H34O4. The van der Waals surface area contributed by atoms with Crippen LogP contribution in [0, 0.1) is 22.7 Å². The fourth-order valence-electron chi connectivity index (χ4n) is 6.22. The lowest BCUT2D eigenvalue weighted by molar-refractivity contribution is -0.194. The van der Waals surface area contributed by atoms with Crippen LogP contribution in [0.5, 0.6) is 0 Å². The van der Waals surface area contributed by atoms with E-state index in [2.05, 4.69) is 27.7 Å². The van der Waals surface area contributed by atoms with Gasteiger partial charge in [0, 0.05) is 12.3 Å². The van der Waals surface area contributed by atoms with Crippen molar-refractivity contribution in [3.05, 3.63) is 36.0 Å². The first-order valence-corrected chi connectivity index (χ1v) is 10.2. The fourth-order valence-corrected chi connectivity index (χ4v) is 6.22. The summed E-state index contributed by atoms with van der Waals surface area (Å²) in [7, 11) is 0. The largest absolute Gasteiger partial charge is 0.472 e. The molecule has 0 spiro atoms. The van der Waals surface area contributed by atoms with E-state index in [0.29, 0.717) is 0 Å². The number of ether oxygens (including phenoxy) is 1. The molecule has 1 heterocycles. The van der Waals surface area contributed by atoms with E-state index < -0.39 is 5.60 Å². The number of hydrogen-bond acceptors (Lipinski definition) is 4. The summed E-state index contributed by atoms with van der Waals surface area (Å²) >= 11 is 0. The first-order chi connectivity index (χ1) is 12.6. The molecule has 2 fully saturated rings. The second-order valence-electron chi connectivity index (χ2n) is 9.66. The topological polar surface area (TPSA) is 59.7 Å². The molecule has 4 nitrogen and oxygen atoms in total. The van der Waals surface area contributed by atoms with E-state index >= 15 is 0 Å². The van der Waals surface area contributed by atoms with Crippen LogP contribution in [0.3, 0.4) is 0 Å². The van der Waals surface area contributed by atoms with Gasteiger partial charge >= 0.3 is 5.97 Å². The zero-order valence-corrected chi connectivity index (χ0v) is 17.4. The van der Waals surface area contributed by atoms with Crippen molar-refractivity contribution in [1.82, 2.24) is 0 Å². The van der Waals surface area contributed by atoms with Gasteiger partial charge in [0.2, 0.25) is 0 Å². The number of carbonyl (C=O) groups is 1. The van der Waals surface area contributed by atoms with Crippen LogP contribution in [-0.4, -0.2) is 16.7 Å². The minimum Gasteiger partial charge on any atom is -0.472 e. The molecule has 0 radical (unpaired) electrons. The van der Waals surface area contributed by atoms with Crippen molar-refractivity contribution in [1.29, 1.82) is 0 Å². The fraction of sp³-hybridized carbons (Fsp3) is 0.696. The Morgan fingerprint density at radius 3 is 2.74 bits per heavy atom. The molecule has 0 bridgehead atoms. The molecule has 3 rings (SSSR count). The molecule has 0 amide bonds. The average molecular weight is 375 g/mol. The Morgan fingerprint density at radius 2 is 2.11 bits per heavy atom. The number of allylic oxidation sites excluding steroid dienone is 1. The Labute approximate surface area is 163 Å². The number of furan rings is 1. The van der Waals surface area contributed by atoms with Gasteiger partial charge in [-0.05, 0) is 66.6 Å². The maximum atomic E-state index is 12.1. The lowest BCUT2D eigenvalue weighted by Gasteiger charge is -2.63. The molecule has 150 valence electrons. The molecule has 1 aromatic rings. The molecule has 4 atom stereocenters. The van der Waals surface area contributed by atoms with Crippen molar-refractivity contribution in [2.24, 2.45) is 22.7 Å². The summed E-state index contributed by atoms with van der Waals surface area (Å²) in [6, 6.07) is 1.98. The normalized spacial score (nSPS) is 37.0. The number of aliphatic hydroxyl groups is 1. The van der Waals surface area contributed by atoms with E-state index in [1.165, 1.54) is 12.5 Å². The van der Waals surface area contributed by atoms with Crippen molar-refractivity contribution in [3.8, 4) is 0 Å². The second-order valence-corrected chi connectivity index (χ2v) is 9.66. The number of hydrogen-bond donors (Lipinski definition) is 1. The number of fused-ring (bicyclic) bond motifs is 1. The van der Waals surface area contributed by atoms with Crippen molar-refractivity contribution in [3.63, 3.8) is 0 Å². The third-order valence-corrected chi connectivity index (χ3v) is 7.40. The number of rotatable bonds is 4. The minimum atomic E-state index is -0.764. The monoisotopic (exact) mass is 374 g/mol. The summed E-state index contributed by atoms with van der Waals surface area (Å²) < 4.78 is 10.5. The second kappa shape index (κ2) is 7.12. The molecule has 1 N–H and O–H groups in total. The van der Waals surface area contributed by atoms with E-state index in [-0.39, 0.29) is 28.6 Å². The summed E-state index contributed by atoms with van der Waals surface area (Å²) in [6.45, 7) is 10.4. The predicted molar refractivity (Wildman–Crippen MR) is 105 cm³/mol. The van der Waals surface area contributed by atoms with Gasteiger partial charge in [0.25, 0.3) is 0 Å². The van der Waals surface area contributed by atoms with Gasteiger partial charge in [0.1, 0.15) is 0 Å². The Bertz CT molecular complexity index is 702. The first-order valence-electron chi connectivity index (χ1n) is 10.2. The van der Waals surface area contributed by atoms with E-state index in [4.69, 9.17) is 9.15 Å². The molecule has 0 unspecified atom stereocenters. The summed E-state index contributed by atoms with van der Waals surface area (Å²) in [4.78, 5) is 11.4. The third kappa shape index (κ3) is 3.49. The van der Waals surface area contributed by atoms with Gasteiger partial charge in [-0.1, -0.05) is 34.1 Å². The predicted octanol–water partition coefficient (Wildman–Crippen LogP) is 5.26. The number of carbonyl (C=O) groups excluding carboxylic acids is 1. The Morgan fingerprint density at radius 1 is 1.37 bits per heavy atom. The number of esters is 1. The maximum absolute atomic E-state index is 12.1. The third-order valence-electron chi connectivity index (χ3n) is 7.40. The SMILES string of the molecule is CC(=O)O/C=C1\C[C@@H](C)[C@](O)(CCc2ccoc2)[C@@]2(C)CCCC(C)(C)[C@H]12. The first kappa shape index (κ1) is 20.2. The van der Waals surface area contributed by atoms with Crippen molar-refractivity contribution in [2.45, 2.75) is 78.7 Å². The van der Waals surface area contributed by atoms with E-state index in [0.717, 1.165) is 44.1 Å². The molecule has 0 aromatic carbocycles. The molecule has 1 aromatic heterocycles. The summed E-state index contributed by atoms with van der Waals surface area (Å²) in [5.41, 5.74) is 1.36. The van der Waals surface area contributed by atoms with E-state index in [1.807, 2.05) is 6.07 Å². The van der Waals surface area contributed by atoms with Gasteiger partial charge in [-0.15, -0.1) is 0 Å². The van der Waals surface area contributed by atoms with Crippen LogP contribution in [-0.2, 0) is 16.0 Å². The molecule has 2 aliphatic rings. The zero-order chi connectivity index (χ0) is 19.9. The van der Waals surface area contributed by atoms with Gasteiger partial charge in [0.15, 0.2) is 0 Å². The summed E-state index contributed by atoms with van der Waals surface area (Å²) in [5, 5.41) is 12.1. The summed E-state index contributed by atoms with van der Waals surface area (Å²) in [5.74, 6) is 0.0104. The van der Waals surface area contributed by atoms with Gasteiger partial charge in [-0.3, -0.25) is 4.79 Å². The highest BCUT2D eigenvalue weighted by atomic mass is 16.5. The van der Waals surface area contributed by atoms with Crippen LogP contribution < -0.4 is 0 Å². The number of aryl methyl sites for hydroxylation is 1. The van der Waals surface area contributed by atoms with Crippen molar-refractivity contribution < 1.29 is 19.1 Å². The van der Waals surface area contributed by atoms with Gasteiger partial charge in [-0.2, -0.15) is 0 Å². The Kier molecular flexibility index (Phi) is 5.33. The molecule has 2 saturated carbocycles. The molecule has 27 heavy (non-hydrogen) atoms. The van der Waals surface area contributed by atoms with Crippen molar-refractivity contribution in [2.75, 3.05) is 0 Å². The van der Waals surface area contributed by atoms with Crippen LogP contribution in [0.25, 0.3) is 0 Å². The van der Waals surface area contributed by atoms with Crippen LogP contribution in [0.4, 0.5) is 0 Å². The Balaban J connectivity index is 1.98. The maximum Gasteiger partial charge on any atom is 0.307 e. The molecule has 2 aliphatic carbocycles. The average Bonchev–Trinajstić information content (AvgIpc) is 3.08. The lowest BCUT2D eigenvalue weighted by atomic mass is 9.43. The standard InChI is InChI=1S/C23H34O4/c1-16-13-19(15-27-17(2)24)20-21(3,4)9-6-10-22(20,5)23(16,25)11-7-18-8-12-26-14-18/h8,12,14-16,20,25H,6-7,9-11,13H2,1-5H3/b19-15+/t16-,20+,22+,23-/m1/s1. The van der Waals surface area contributed by atoms with Gasteiger partial charge in [-0.25, -0.2) is 0 Å². The van der Waals surface area contributed by atoms with Crippen molar-refractivity contribution >= 4 is 5.97 Å². The van der Waals surface area contributed by atoms with Gasteiger partial charge < -0.3 is 14.3 Å². The zero-order valence-electron chi connectivity index (χ0n) is 17.4. The van der Waals surface area contributed by atoms with Gasteiger partial charge in [0.05, 0.1) is 24.4 Å². The van der Waals surface area contributed by atoms with Crippen LogP contribution in [0.15, 0.2) is 34.8 Å². The van der Waals surface area contributed by atoms with E-state index in [9.17, 15) is 9.90 Å².